The van der Waals surface area contributed by atoms with Crippen LogP contribution in [0.4, 0.5) is 0 Å². The topological polar surface area (TPSA) is 26.2 Å². The molecule has 0 radical (unpaired) electrons. The molecule has 0 saturated heterocycles. The van der Waals surface area contributed by atoms with Crippen molar-refractivity contribution in [3.8, 4) is 12.3 Å². The number of nitrogens with one attached hydrogen (secondary N) is 1. The van der Waals surface area contributed by atoms with Crippen LogP contribution >= 0.6 is 0 Å². The van der Waals surface area contributed by atoms with E-state index in [9.17, 15) is 0 Å². The minimum atomic E-state index is -0.370. The van der Waals surface area contributed by atoms with E-state index in [1.165, 1.54) is 10.9 Å². The number of likely N-dealkylation sites (N-methyl/N-ethyl adjacent to an activating group) is 1. The van der Waals surface area contributed by atoms with Gasteiger partial charge in [-0.15, -0.1) is 6.42 Å². The van der Waals surface area contributed by atoms with E-state index in [1.54, 1.807) is 7.11 Å². The maximum Gasteiger partial charge on any atom is 0.106 e. The smallest absolute Gasteiger partial charge is 0.106 e. The molecule has 0 aliphatic rings. The fourth-order valence-electron chi connectivity index (χ4n) is 2.68. The van der Waals surface area contributed by atoms with Gasteiger partial charge in [-0.25, -0.2) is 0 Å². The average Bonchev–Trinajstić information content (AvgIpc) is 2.91. The second kappa shape index (κ2) is 6.29. The van der Waals surface area contributed by atoms with Crippen LogP contribution in [0, 0.1) is 12.3 Å². The molecule has 0 aliphatic heterocycles. The molecule has 2 aromatic rings. The Morgan fingerprint density at radius 2 is 2.14 bits per heavy atom. The zero-order valence-corrected chi connectivity index (χ0v) is 13.8. The summed E-state index contributed by atoms with van der Waals surface area (Å²) in [6.45, 7) is 8.07. The molecule has 1 atom stereocenters. The fourth-order valence-corrected chi connectivity index (χ4v) is 2.68. The third kappa shape index (κ3) is 2.88. The van der Waals surface area contributed by atoms with Crippen LogP contribution in [0.15, 0.2) is 42.8 Å². The molecule has 0 saturated carbocycles. The van der Waals surface area contributed by atoms with Crippen molar-refractivity contribution in [1.29, 1.82) is 0 Å². The minimum absolute atomic E-state index is 0.0678. The van der Waals surface area contributed by atoms with Gasteiger partial charge in [-0.3, -0.25) is 0 Å². The van der Waals surface area contributed by atoms with Gasteiger partial charge in [0.1, 0.15) is 5.76 Å². The molecular weight excluding hydrogens is 272 g/mol. The summed E-state index contributed by atoms with van der Waals surface area (Å²) in [5, 5.41) is 4.47. The molecule has 1 aromatic carbocycles. The van der Waals surface area contributed by atoms with Crippen LogP contribution in [-0.2, 0) is 16.7 Å². The van der Waals surface area contributed by atoms with Crippen LogP contribution in [0.1, 0.15) is 19.4 Å². The third-order valence-corrected chi connectivity index (χ3v) is 4.17. The van der Waals surface area contributed by atoms with Gasteiger partial charge >= 0.3 is 0 Å². The van der Waals surface area contributed by atoms with Crippen molar-refractivity contribution in [2.75, 3.05) is 14.2 Å². The van der Waals surface area contributed by atoms with Crippen LogP contribution < -0.4 is 5.32 Å². The van der Waals surface area contributed by atoms with Crippen molar-refractivity contribution in [1.82, 2.24) is 9.88 Å². The molecule has 3 heteroatoms. The van der Waals surface area contributed by atoms with Crippen molar-refractivity contribution in [3.63, 3.8) is 0 Å². The lowest BCUT2D eigenvalue weighted by atomic mass is 10.0. The lowest BCUT2D eigenvalue weighted by Gasteiger charge is -2.21. The molecule has 0 unspecified atom stereocenters. The van der Waals surface area contributed by atoms with E-state index in [0.29, 0.717) is 0 Å². The van der Waals surface area contributed by atoms with Crippen LogP contribution in [0.2, 0.25) is 0 Å². The molecule has 3 nitrogen and oxygen atoms in total. The average molecular weight is 296 g/mol. The maximum atomic E-state index is 5.72. The summed E-state index contributed by atoms with van der Waals surface area (Å²) in [5.74, 6) is 3.60. The Hall–Kier alpha value is -2.18. The van der Waals surface area contributed by atoms with Crippen LogP contribution in [0.3, 0.4) is 0 Å². The number of aromatic nitrogens is 1. The highest BCUT2D eigenvalue weighted by Crippen LogP contribution is 2.28. The maximum absolute atomic E-state index is 5.72. The number of rotatable bonds is 6. The minimum Gasteiger partial charge on any atom is -0.500 e. The molecule has 0 spiro atoms. The van der Waals surface area contributed by atoms with Crippen molar-refractivity contribution < 1.29 is 4.74 Å². The molecule has 1 heterocycles. The first-order valence-corrected chi connectivity index (χ1v) is 7.42. The number of terminal acetylenes is 1. The number of fused-ring (bicyclic) bond motifs is 1. The number of methoxy groups -OCH3 is 1. The number of benzene rings is 1. The molecule has 22 heavy (non-hydrogen) atoms. The molecule has 116 valence electrons. The van der Waals surface area contributed by atoms with Crippen LogP contribution in [0.25, 0.3) is 10.9 Å². The predicted molar refractivity (Wildman–Crippen MR) is 92.8 cm³/mol. The Morgan fingerprint density at radius 1 is 1.45 bits per heavy atom. The van der Waals surface area contributed by atoms with Crippen LogP contribution in [0.5, 0.6) is 0 Å². The van der Waals surface area contributed by atoms with E-state index < -0.39 is 0 Å². The number of hydrogen-bond acceptors (Lipinski definition) is 2. The lowest BCUT2D eigenvalue weighted by molar-refractivity contribution is 0.255. The summed E-state index contributed by atoms with van der Waals surface area (Å²) in [5.41, 5.74) is 2.01. The van der Waals surface area contributed by atoms with Crippen LogP contribution in [-0.4, -0.2) is 24.8 Å². The monoisotopic (exact) mass is 296 g/mol. The number of nitrogens with zero attached hydrogens (tertiary/aromatic N) is 1. The van der Waals surface area contributed by atoms with Crippen molar-refractivity contribution >= 4 is 10.9 Å². The number of ether oxygens (including phenoxy) is 1. The summed E-state index contributed by atoms with van der Waals surface area (Å²) in [7, 11) is 3.57. The van der Waals surface area contributed by atoms with E-state index in [2.05, 4.69) is 46.8 Å². The second-order valence-corrected chi connectivity index (χ2v) is 5.96. The Kier molecular flexibility index (Phi) is 4.63. The summed E-state index contributed by atoms with van der Waals surface area (Å²) in [6.07, 6.45) is 8.67. The Bertz CT molecular complexity index is 719. The van der Waals surface area contributed by atoms with Gasteiger partial charge in [0.25, 0.3) is 0 Å². The molecule has 0 aliphatic carbocycles. The SMILES string of the molecule is C#CC(C)(C)n1cc(C[C@H](NC)C(=C)OC)c2ccccc21. The summed E-state index contributed by atoms with van der Waals surface area (Å²) in [4.78, 5) is 0. The van der Waals surface area contributed by atoms with Gasteiger partial charge in [-0.1, -0.05) is 30.7 Å². The lowest BCUT2D eigenvalue weighted by Crippen LogP contribution is -2.30. The van der Waals surface area contributed by atoms with E-state index >= 15 is 0 Å². The highest BCUT2D eigenvalue weighted by Gasteiger charge is 2.22. The third-order valence-electron chi connectivity index (χ3n) is 4.17. The van der Waals surface area contributed by atoms with Gasteiger partial charge in [-0.2, -0.15) is 0 Å². The molecule has 2 rings (SSSR count). The van der Waals surface area contributed by atoms with Crippen molar-refractivity contribution in [2.24, 2.45) is 0 Å². The van der Waals surface area contributed by atoms with Gasteiger partial charge in [0, 0.05) is 17.1 Å². The molecule has 0 amide bonds. The van der Waals surface area contributed by atoms with Crippen molar-refractivity contribution in [3.05, 3.63) is 48.4 Å². The molecule has 0 fully saturated rings. The predicted octanol–water partition coefficient (Wildman–Crippen LogP) is 3.30. The van der Waals surface area contributed by atoms with Crippen molar-refractivity contribution in [2.45, 2.75) is 31.8 Å². The van der Waals surface area contributed by atoms with E-state index in [-0.39, 0.29) is 11.6 Å². The fraction of sp³-hybridized carbons (Fsp3) is 0.368. The summed E-state index contributed by atoms with van der Waals surface area (Å²) < 4.78 is 7.45. The summed E-state index contributed by atoms with van der Waals surface area (Å²) in [6, 6.07) is 8.41. The Labute approximate surface area is 133 Å². The molecular formula is C19H24N2O. The zero-order valence-electron chi connectivity index (χ0n) is 13.8. The Morgan fingerprint density at radius 3 is 2.73 bits per heavy atom. The molecule has 1 N–H and O–H groups in total. The van der Waals surface area contributed by atoms with Gasteiger partial charge in [-0.05, 0) is 38.9 Å². The van der Waals surface area contributed by atoms with E-state index in [1.807, 2.05) is 27.0 Å². The Balaban J connectivity index is 2.52. The quantitative estimate of drug-likeness (QED) is 0.654. The van der Waals surface area contributed by atoms with Gasteiger partial charge in [0.15, 0.2) is 0 Å². The standard InChI is InChI=1S/C19H24N2O/c1-7-19(3,4)21-13-15(12-17(20-5)14(2)22-6)16-10-8-9-11-18(16)21/h1,8-11,13,17,20H,2,12H2,3-6H3/t17-/m0/s1. The van der Waals surface area contributed by atoms with Gasteiger partial charge in [0.05, 0.1) is 18.7 Å². The first kappa shape index (κ1) is 16.2. The molecule has 1 aromatic heterocycles. The largest absolute Gasteiger partial charge is 0.500 e. The number of hydrogen-bond donors (Lipinski definition) is 1. The normalized spacial score (nSPS) is 12.9. The molecule has 0 bridgehead atoms. The zero-order chi connectivity index (χ0) is 16.3. The van der Waals surface area contributed by atoms with Gasteiger partial charge < -0.3 is 14.6 Å². The first-order valence-electron chi connectivity index (χ1n) is 7.42. The first-order chi connectivity index (χ1) is 10.4. The number of para-hydroxylation sites is 1. The van der Waals surface area contributed by atoms with E-state index in [4.69, 9.17) is 11.2 Å². The van der Waals surface area contributed by atoms with E-state index in [0.717, 1.165) is 17.7 Å². The second-order valence-electron chi connectivity index (χ2n) is 5.96. The highest BCUT2D eigenvalue weighted by atomic mass is 16.5. The highest BCUT2D eigenvalue weighted by molar-refractivity contribution is 5.84. The van der Waals surface area contributed by atoms with Gasteiger partial charge in [0.2, 0.25) is 0 Å². The summed E-state index contributed by atoms with van der Waals surface area (Å²) >= 11 is 0.